The van der Waals surface area contributed by atoms with Crippen LogP contribution in [-0.2, 0) is 6.54 Å². The molecule has 3 aromatic rings. The molecule has 3 N–H and O–H groups in total. The Labute approximate surface area is 127 Å². The van der Waals surface area contributed by atoms with E-state index in [1.807, 2.05) is 35.8 Å². The molecule has 2 heterocycles. The van der Waals surface area contributed by atoms with E-state index in [-0.39, 0.29) is 6.04 Å². The number of aromatic nitrogens is 2. The number of hydrogen-bond acceptors (Lipinski definition) is 4. The van der Waals surface area contributed by atoms with Gasteiger partial charge in [0.2, 0.25) is 0 Å². The molecule has 5 heteroatoms. The van der Waals surface area contributed by atoms with Gasteiger partial charge in [0.15, 0.2) is 0 Å². The van der Waals surface area contributed by atoms with Crippen LogP contribution in [0.4, 0.5) is 0 Å². The van der Waals surface area contributed by atoms with Gasteiger partial charge in [-0.15, -0.1) is 11.3 Å². The lowest BCUT2D eigenvalue weighted by Crippen LogP contribution is -2.27. The van der Waals surface area contributed by atoms with Gasteiger partial charge >= 0.3 is 0 Å². The Hall–Kier alpha value is -1.69. The highest BCUT2D eigenvalue weighted by atomic mass is 32.1. The Kier molecular flexibility index (Phi) is 4.34. The number of para-hydroxylation sites is 1. The van der Waals surface area contributed by atoms with Gasteiger partial charge in [-0.1, -0.05) is 24.3 Å². The van der Waals surface area contributed by atoms with Gasteiger partial charge in [-0.2, -0.15) is 5.10 Å². The Balaban J connectivity index is 1.58. The Bertz CT molecular complexity index is 692. The summed E-state index contributed by atoms with van der Waals surface area (Å²) < 4.78 is 0. The summed E-state index contributed by atoms with van der Waals surface area (Å²) in [6.07, 6.45) is 2.15. The lowest BCUT2D eigenvalue weighted by Gasteiger charge is -2.17. The van der Waals surface area contributed by atoms with Crippen LogP contribution in [0.2, 0.25) is 0 Å². The highest BCUT2D eigenvalue weighted by Crippen LogP contribution is 2.23. The molecule has 0 aliphatic rings. The van der Waals surface area contributed by atoms with Crippen LogP contribution in [0.3, 0.4) is 0 Å². The Morgan fingerprint density at radius 1 is 1.33 bits per heavy atom. The van der Waals surface area contributed by atoms with Crippen molar-refractivity contribution in [3.8, 4) is 0 Å². The maximum atomic E-state index is 10.2. The molecule has 1 aromatic carbocycles. The maximum absolute atomic E-state index is 10.2. The monoisotopic (exact) mass is 301 g/mol. The van der Waals surface area contributed by atoms with E-state index in [2.05, 4.69) is 28.5 Å². The number of nitrogens with zero attached hydrogens (tertiary/aromatic N) is 1. The predicted octanol–water partition coefficient (Wildman–Crippen LogP) is 3.23. The molecule has 3 rings (SSSR count). The van der Waals surface area contributed by atoms with Gasteiger partial charge in [-0.3, -0.25) is 5.10 Å². The third-order valence-electron chi connectivity index (χ3n) is 3.65. The van der Waals surface area contributed by atoms with E-state index in [4.69, 9.17) is 0 Å². The number of fused-ring (bicyclic) bond motifs is 1. The lowest BCUT2D eigenvalue weighted by atomic mass is 10.1. The Morgan fingerprint density at radius 2 is 2.24 bits per heavy atom. The van der Waals surface area contributed by atoms with Gasteiger partial charge in [-0.25, -0.2) is 0 Å². The summed E-state index contributed by atoms with van der Waals surface area (Å²) in [6.45, 7) is 2.86. The zero-order chi connectivity index (χ0) is 14.7. The first-order valence-corrected chi connectivity index (χ1v) is 7.98. The molecule has 0 spiro atoms. The van der Waals surface area contributed by atoms with Crippen LogP contribution in [-0.4, -0.2) is 21.3 Å². The van der Waals surface area contributed by atoms with E-state index in [9.17, 15) is 5.11 Å². The number of rotatable bonds is 6. The summed E-state index contributed by atoms with van der Waals surface area (Å²) in [7, 11) is 0. The van der Waals surface area contributed by atoms with Crippen molar-refractivity contribution in [3.63, 3.8) is 0 Å². The number of hydrogen-bond donors (Lipinski definition) is 3. The van der Waals surface area contributed by atoms with E-state index in [0.717, 1.165) is 22.3 Å². The SMILES string of the molecule is C[C@@H](C[C@@H](O)c1cccs1)NCc1cccc2cn[nH]c12. The molecule has 0 bridgehead atoms. The van der Waals surface area contributed by atoms with Gasteiger partial charge < -0.3 is 10.4 Å². The van der Waals surface area contributed by atoms with Crippen LogP contribution in [0.1, 0.15) is 29.9 Å². The molecule has 0 aliphatic heterocycles. The fraction of sp³-hybridized carbons (Fsp3) is 0.312. The summed E-state index contributed by atoms with van der Waals surface area (Å²) in [5.41, 5.74) is 2.28. The van der Waals surface area contributed by atoms with E-state index in [1.165, 1.54) is 5.56 Å². The number of benzene rings is 1. The van der Waals surface area contributed by atoms with Gasteiger partial charge in [-0.05, 0) is 30.4 Å². The van der Waals surface area contributed by atoms with Gasteiger partial charge in [0.25, 0.3) is 0 Å². The van der Waals surface area contributed by atoms with Crippen molar-refractivity contribution >= 4 is 22.2 Å². The van der Waals surface area contributed by atoms with Crippen LogP contribution >= 0.6 is 11.3 Å². The fourth-order valence-electron chi connectivity index (χ4n) is 2.48. The van der Waals surface area contributed by atoms with Gasteiger partial charge in [0.05, 0.1) is 17.8 Å². The van der Waals surface area contributed by atoms with E-state index in [1.54, 1.807) is 11.3 Å². The molecule has 21 heavy (non-hydrogen) atoms. The predicted molar refractivity (Wildman–Crippen MR) is 86.3 cm³/mol. The summed E-state index contributed by atoms with van der Waals surface area (Å²) in [6, 6.07) is 10.4. The summed E-state index contributed by atoms with van der Waals surface area (Å²) in [5.74, 6) is 0. The molecule has 0 saturated carbocycles. The highest BCUT2D eigenvalue weighted by Gasteiger charge is 2.13. The molecule has 0 amide bonds. The number of H-pyrrole nitrogens is 1. The van der Waals surface area contributed by atoms with Crippen LogP contribution in [0, 0.1) is 0 Å². The fourth-order valence-corrected chi connectivity index (χ4v) is 3.20. The molecule has 4 nitrogen and oxygen atoms in total. The summed E-state index contributed by atoms with van der Waals surface area (Å²) >= 11 is 1.60. The minimum absolute atomic E-state index is 0.236. The van der Waals surface area contributed by atoms with Crippen molar-refractivity contribution in [2.24, 2.45) is 0 Å². The maximum Gasteiger partial charge on any atom is 0.0896 e. The number of aromatic amines is 1. The van der Waals surface area contributed by atoms with Crippen LogP contribution in [0.5, 0.6) is 0 Å². The smallest absolute Gasteiger partial charge is 0.0896 e. The highest BCUT2D eigenvalue weighted by molar-refractivity contribution is 7.10. The van der Waals surface area contributed by atoms with Crippen molar-refractivity contribution < 1.29 is 5.11 Å². The number of aliphatic hydroxyl groups excluding tert-OH is 1. The topological polar surface area (TPSA) is 60.9 Å². The van der Waals surface area contributed by atoms with Gasteiger partial charge in [0.1, 0.15) is 0 Å². The average Bonchev–Trinajstić information content (AvgIpc) is 3.15. The lowest BCUT2D eigenvalue weighted by molar-refractivity contribution is 0.157. The second-order valence-corrected chi connectivity index (χ2v) is 6.28. The van der Waals surface area contributed by atoms with Crippen molar-refractivity contribution in [3.05, 3.63) is 52.3 Å². The molecule has 0 unspecified atom stereocenters. The summed E-state index contributed by atoms with van der Waals surface area (Å²) in [5, 5.41) is 23.9. The molecule has 2 atom stereocenters. The second kappa shape index (κ2) is 6.39. The van der Waals surface area contributed by atoms with E-state index >= 15 is 0 Å². The quantitative estimate of drug-likeness (QED) is 0.655. The first-order chi connectivity index (χ1) is 10.2. The third-order valence-corrected chi connectivity index (χ3v) is 4.63. The van der Waals surface area contributed by atoms with Crippen LogP contribution in [0.25, 0.3) is 10.9 Å². The number of nitrogens with one attached hydrogen (secondary N) is 2. The molecular formula is C16H19N3OS. The first kappa shape index (κ1) is 14.3. The second-order valence-electron chi connectivity index (χ2n) is 5.30. The Morgan fingerprint density at radius 3 is 3.05 bits per heavy atom. The van der Waals surface area contributed by atoms with E-state index < -0.39 is 6.10 Å². The van der Waals surface area contributed by atoms with Crippen molar-refractivity contribution in [1.82, 2.24) is 15.5 Å². The number of aliphatic hydroxyl groups is 1. The van der Waals surface area contributed by atoms with E-state index in [0.29, 0.717) is 6.42 Å². The third kappa shape index (κ3) is 3.32. The standard InChI is InChI=1S/C16H19N3OS/c1-11(8-14(20)15-6-3-7-21-15)17-9-12-4-2-5-13-10-18-19-16(12)13/h2-7,10-11,14,17,20H,8-9H2,1H3,(H,18,19)/t11-,14+/m0/s1. The van der Waals surface area contributed by atoms with Crippen molar-refractivity contribution in [2.75, 3.05) is 0 Å². The molecular weight excluding hydrogens is 282 g/mol. The molecule has 0 fully saturated rings. The normalized spacial score (nSPS) is 14.4. The average molecular weight is 301 g/mol. The summed E-state index contributed by atoms with van der Waals surface area (Å²) in [4.78, 5) is 1.03. The zero-order valence-corrected chi connectivity index (χ0v) is 12.7. The van der Waals surface area contributed by atoms with Crippen LogP contribution in [0.15, 0.2) is 41.9 Å². The minimum atomic E-state index is -0.393. The number of thiophene rings is 1. The largest absolute Gasteiger partial charge is 0.388 e. The van der Waals surface area contributed by atoms with Crippen molar-refractivity contribution in [1.29, 1.82) is 0 Å². The van der Waals surface area contributed by atoms with Crippen molar-refractivity contribution in [2.45, 2.75) is 32.0 Å². The molecule has 0 saturated heterocycles. The molecule has 0 radical (unpaired) electrons. The first-order valence-electron chi connectivity index (χ1n) is 7.10. The minimum Gasteiger partial charge on any atom is -0.388 e. The molecule has 2 aromatic heterocycles. The van der Waals surface area contributed by atoms with Crippen LogP contribution < -0.4 is 5.32 Å². The van der Waals surface area contributed by atoms with Gasteiger partial charge in [0, 0.05) is 22.8 Å². The molecule has 0 aliphatic carbocycles. The molecule has 110 valence electrons. The zero-order valence-electron chi connectivity index (χ0n) is 11.9.